The minimum Gasteiger partial charge on any atom is -0.481 e. The summed E-state index contributed by atoms with van der Waals surface area (Å²) >= 11 is 0. The van der Waals surface area contributed by atoms with Crippen LogP contribution in [0.2, 0.25) is 0 Å². The predicted molar refractivity (Wildman–Crippen MR) is 303 cm³/mol. The maximum Gasteiger partial charge on any atom is 0.303 e. The second-order valence-electron chi connectivity index (χ2n) is 19.4. The lowest BCUT2D eigenvalue weighted by Gasteiger charge is -2.09. The molecule has 0 radical (unpaired) electrons. The molecular weight excluding hydrogens is 1180 g/mol. The van der Waals surface area contributed by atoms with Crippen LogP contribution in [0.4, 0.5) is 0 Å². The van der Waals surface area contributed by atoms with Gasteiger partial charge in [0, 0.05) is 95.7 Å². The zero-order chi connectivity index (χ0) is 60.1. The number of hydrogen-bond donors (Lipinski definition) is 10. The number of fused-ring (bicyclic) bond motifs is 20. The number of H-pyrrole nitrogens is 2. The summed E-state index contributed by atoms with van der Waals surface area (Å²) in [7, 11) is -17.0. The Morgan fingerprint density at radius 3 is 0.964 bits per heavy atom. The molecule has 32 heteroatoms. The van der Waals surface area contributed by atoms with Crippen LogP contribution in [0.1, 0.15) is 77.0 Å². The summed E-state index contributed by atoms with van der Waals surface area (Å²) in [5, 5.41) is 37.2. The fourth-order valence-corrected chi connectivity index (χ4v) is 13.5. The lowest BCUT2D eigenvalue weighted by Crippen LogP contribution is -2.25. The largest absolute Gasteiger partial charge is 0.481 e. The predicted octanol–water partition coefficient (Wildman–Crippen LogP) is 5.00. The highest BCUT2D eigenvalue weighted by Gasteiger charge is 2.29. The maximum absolute atomic E-state index is 13.8. The van der Waals surface area contributed by atoms with Gasteiger partial charge >= 0.3 is 23.9 Å². The topological polar surface area (TPSA) is 443 Å². The Morgan fingerprint density at radius 1 is 0.333 bits per heavy atom. The molecule has 5 heterocycles. The number of carboxylic acids is 4. The van der Waals surface area contributed by atoms with Gasteiger partial charge in [-0.3, -0.25) is 19.2 Å². The van der Waals surface area contributed by atoms with E-state index in [1.807, 2.05) is 0 Å². The highest BCUT2D eigenvalue weighted by molar-refractivity contribution is 7.90. The zero-order valence-electron chi connectivity index (χ0n) is 44.2. The smallest absolute Gasteiger partial charge is 0.303 e. The Labute approximate surface area is 478 Å². The van der Waals surface area contributed by atoms with Gasteiger partial charge in [0.2, 0.25) is 40.1 Å². The van der Waals surface area contributed by atoms with E-state index in [9.17, 15) is 52.8 Å². The highest BCUT2D eigenvalue weighted by atomic mass is 32.2. The van der Waals surface area contributed by atoms with Gasteiger partial charge in [-0.05, 0) is 124 Å². The van der Waals surface area contributed by atoms with Crippen molar-refractivity contribution in [2.45, 2.75) is 96.6 Å². The third-order valence-corrected chi connectivity index (χ3v) is 19.2. The van der Waals surface area contributed by atoms with Gasteiger partial charge in [-0.2, -0.15) is 0 Å². The van der Waals surface area contributed by atoms with Crippen molar-refractivity contribution in [3.63, 3.8) is 0 Å². The van der Waals surface area contributed by atoms with Gasteiger partial charge in [0.1, 0.15) is 22.6 Å². The van der Waals surface area contributed by atoms with Gasteiger partial charge in [-0.15, -0.1) is 0 Å². The SMILES string of the molecule is O=C(O)CCCCNS(=O)(=O)c1ccc2c(c1)-c1nc3nc(nc4[nH]c(nc5[nH]c(nc-2n1)c1cc(S(=O)(=O)NCCCCC(=O)O)ccc51)c1cc(S(=O)(=O)NCCCCC(=O)O)ccc41)-c1cc(S(=O)(=O)NCCCCC(=O)O)ccc1-3. The first kappa shape index (κ1) is 60.4. The Hall–Kier alpha value is -8.24. The summed E-state index contributed by atoms with van der Waals surface area (Å²) in [6.07, 6.45) is 1.03. The van der Waals surface area contributed by atoms with Crippen LogP contribution in [0, 0.1) is 0 Å². The molecule has 2 aliphatic rings. The van der Waals surface area contributed by atoms with Crippen LogP contribution in [0.25, 0.3) is 89.7 Å². The first-order chi connectivity index (χ1) is 39.9. The molecule has 442 valence electrons. The van der Waals surface area contributed by atoms with Gasteiger partial charge in [0.05, 0.1) is 19.6 Å². The van der Waals surface area contributed by atoms with Crippen LogP contribution in [-0.2, 0) is 59.3 Å². The molecule has 9 rings (SSSR count). The molecule has 0 saturated heterocycles. The molecule has 10 N–H and O–H groups in total. The number of sulfonamides is 4. The van der Waals surface area contributed by atoms with E-state index in [0.29, 0.717) is 0 Å². The third-order valence-electron chi connectivity index (χ3n) is 13.4. The summed E-state index contributed by atoms with van der Waals surface area (Å²) < 4.78 is 120. The standard InChI is InChI=1S/C52H54N12O16S4/c65-41(66)9-1-5-21-53-81(73,74)29-13-17-33-37(25-29)49-57-45(33)62-50-39-27-31(83(77,78)55-23-7-3-11-43(69)70)15-19-35(39)47(59-50)64-52-40-28-32(84(79,80)56-24-8-4-12-44(71)72)16-20-36(40)48(60-52)63-51-38-26-30(14-18-34(38)46(58-51)61-49)82(75,76)54-22-6-2-10-42(67)68/h13-20,25-28,53-56H,1-12,21-24H2,(H,65,66)(H,67,68)(H,69,70)(H,71,72)(H2,57,58,59,60,61,62,63,64). The summed E-state index contributed by atoms with van der Waals surface area (Å²) in [5.74, 6) is -4.54. The Bertz CT molecular complexity index is 4460. The lowest BCUT2D eigenvalue weighted by atomic mass is 10.1. The van der Waals surface area contributed by atoms with E-state index in [1.165, 1.54) is 72.8 Å². The number of aliphatic carboxylic acids is 4. The Kier molecular flexibility index (Phi) is 17.9. The zero-order valence-corrected chi connectivity index (χ0v) is 47.5. The average molecular weight is 1230 g/mol. The second kappa shape index (κ2) is 24.9. The van der Waals surface area contributed by atoms with E-state index >= 15 is 0 Å². The number of aromatic amines is 2. The van der Waals surface area contributed by atoms with E-state index in [-0.39, 0.29) is 212 Å². The van der Waals surface area contributed by atoms with Crippen molar-refractivity contribution in [2.75, 3.05) is 26.2 Å². The fraction of sp³-hybridized carbons (Fsp3) is 0.308. The highest BCUT2D eigenvalue weighted by Crippen LogP contribution is 2.40. The number of carboxylic acid groups (broad SMARTS) is 4. The molecule has 0 aliphatic carbocycles. The summed E-state index contributed by atoms with van der Waals surface area (Å²) in [6.45, 7) is -0.336. The average Bonchev–Trinajstić information content (AvgIpc) is 4.40. The van der Waals surface area contributed by atoms with E-state index in [1.54, 1.807) is 0 Å². The minimum atomic E-state index is -4.26. The molecule has 4 aromatic carbocycles. The number of nitrogens with zero attached hydrogens (tertiary/aromatic N) is 6. The molecule has 2 aliphatic heterocycles. The molecule has 0 atom stereocenters. The van der Waals surface area contributed by atoms with Crippen LogP contribution in [0.15, 0.2) is 92.4 Å². The molecule has 84 heavy (non-hydrogen) atoms. The van der Waals surface area contributed by atoms with Crippen molar-refractivity contribution >= 4 is 108 Å². The van der Waals surface area contributed by atoms with Crippen LogP contribution >= 0.6 is 0 Å². The summed E-state index contributed by atoms with van der Waals surface area (Å²) in [4.78, 5) is 78.9. The second-order valence-corrected chi connectivity index (χ2v) is 26.5. The van der Waals surface area contributed by atoms with Gasteiger partial charge < -0.3 is 30.4 Å². The van der Waals surface area contributed by atoms with Crippen molar-refractivity contribution in [3.8, 4) is 45.6 Å². The van der Waals surface area contributed by atoms with Crippen molar-refractivity contribution in [1.29, 1.82) is 0 Å². The normalized spacial score (nSPS) is 12.6. The number of rotatable bonds is 28. The molecular formula is C52H54N12O16S4. The minimum absolute atomic E-state index is 0.00308. The molecule has 0 fully saturated rings. The summed E-state index contributed by atoms with van der Waals surface area (Å²) in [6, 6.07) is 16.2. The quantitative estimate of drug-likeness (QED) is 0.0288. The molecule has 0 amide bonds. The molecule has 0 spiro atoms. The summed E-state index contributed by atoms with van der Waals surface area (Å²) in [5.41, 5.74) is 0.799. The number of hydrogen-bond acceptors (Lipinski definition) is 18. The Morgan fingerprint density at radius 2 is 0.607 bits per heavy atom. The number of carbonyl (C=O) groups is 4. The van der Waals surface area contributed by atoms with Gasteiger partial charge in [-0.25, -0.2) is 82.5 Å². The van der Waals surface area contributed by atoms with E-state index in [4.69, 9.17) is 50.3 Å². The molecule has 28 nitrogen and oxygen atoms in total. The van der Waals surface area contributed by atoms with E-state index < -0.39 is 64.0 Å². The number of benzene rings is 4. The monoisotopic (exact) mass is 1230 g/mol. The number of aromatic nitrogens is 8. The first-order valence-corrected chi connectivity index (χ1v) is 32.1. The number of unbranched alkanes of at least 4 members (excludes halogenated alkanes) is 4. The van der Waals surface area contributed by atoms with Gasteiger partial charge in [-0.1, -0.05) is 0 Å². The van der Waals surface area contributed by atoms with Crippen LogP contribution in [0.3, 0.4) is 0 Å². The molecule has 0 unspecified atom stereocenters. The number of nitrogens with one attached hydrogen (secondary N) is 6. The van der Waals surface area contributed by atoms with Crippen molar-refractivity contribution in [1.82, 2.24) is 58.8 Å². The third kappa shape index (κ3) is 13.9. The van der Waals surface area contributed by atoms with E-state index in [2.05, 4.69) is 28.9 Å². The van der Waals surface area contributed by atoms with Crippen molar-refractivity contribution in [2.24, 2.45) is 0 Å². The molecule has 7 aromatic rings. The molecule has 8 bridgehead atoms. The maximum atomic E-state index is 13.8. The van der Waals surface area contributed by atoms with Crippen LogP contribution < -0.4 is 18.9 Å². The van der Waals surface area contributed by atoms with Gasteiger partial charge in [0.15, 0.2) is 23.3 Å². The first-order valence-electron chi connectivity index (χ1n) is 26.1. The molecule has 0 saturated carbocycles. The van der Waals surface area contributed by atoms with Crippen LogP contribution in [0.5, 0.6) is 0 Å². The van der Waals surface area contributed by atoms with Crippen molar-refractivity contribution < 1.29 is 73.3 Å². The van der Waals surface area contributed by atoms with E-state index in [0.717, 1.165) is 0 Å². The fourth-order valence-electron chi connectivity index (χ4n) is 9.14. The van der Waals surface area contributed by atoms with Crippen LogP contribution in [-0.4, -0.2) is 144 Å². The molecule has 3 aromatic heterocycles. The lowest BCUT2D eigenvalue weighted by molar-refractivity contribution is -0.138. The Balaban J connectivity index is 1.28. The van der Waals surface area contributed by atoms with Crippen molar-refractivity contribution in [3.05, 3.63) is 72.8 Å². The van der Waals surface area contributed by atoms with Gasteiger partial charge in [0.25, 0.3) is 0 Å².